The summed E-state index contributed by atoms with van der Waals surface area (Å²) in [4.78, 5) is 24.8. The Morgan fingerprint density at radius 2 is 2.04 bits per heavy atom. The fraction of sp³-hybridized carbons (Fsp3) is 0.500. The van der Waals surface area contributed by atoms with Crippen molar-refractivity contribution in [2.45, 2.75) is 4.90 Å². The van der Waals surface area contributed by atoms with Gasteiger partial charge in [0.25, 0.3) is 0 Å². The first kappa shape index (κ1) is 19.4. The minimum absolute atomic E-state index is 0.0169. The number of hydrogen-bond acceptors (Lipinski definition) is 7. The Bertz CT molecular complexity index is 822. The summed E-state index contributed by atoms with van der Waals surface area (Å²) >= 11 is 0. The molecular formula is C16H22N4O6S. The third-order valence-electron chi connectivity index (χ3n) is 4.35. The van der Waals surface area contributed by atoms with E-state index < -0.39 is 22.0 Å². The van der Waals surface area contributed by atoms with Crippen molar-refractivity contribution < 1.29 is 27.5 Å². The van der Waals surface area contributed by atoms with Crippen LogP contribution in [0.25, 0.3) is 0 Å². The summed E-state index contributed by atoms with van der Waals surface area (Å²) in [6.07, 6.45) is 0. The largest absolute Gasteiger partial charge is 0.495 e. The summed E-state index contributed by atoms with van der Waals surface area (Å²) in [7, 11) is -2.36. The Labute approximate surface area is 157 Å². The van der Waals surface area contributed by atoms with Gasteiger partial charge in [0.1, 0.15) is 10.6 Å². The van der Waals surface area contributed by atoms with Crippen LogP contribution in [0.15, 0.2) is 23.1 Å². The van der Waals surface area contributed by atoms with Gasteiger partial charge in [-0.15, -0.1) is 0 Å². The zero-order chi connectivity index (χ0) is 19.4. The summed E-state index contributed by atoms with van der Waals surface area (Å²) in [6.45, 7) is 1.83. The zero-order valence-electron chi connectivity index (χ0n) is 14.9. The lowest BCUT2D eigenvalue weighted by Crippen LogP contribution is -2.40. The molecule has 0 bridgehead atoms. The van der Waals surface area contributed by atoms with E-state index in [1.54, 1.807) is 6.07 Å². The highest BCUT2D eigenvalue weighted by molar-refractivity contribution is 7.89. The number of ether oxygens (including phenoxy) is 2. The molecule has 2 saturated heterocycles. The minimum Gasteiger partial charge on any atom is -0.495 e. The van der Waals surface area contributed by atoms with Gasteiger partial charge in [0.2, 0.25) is 15.9 Å². The first-order valence-corrected chi connectivity index (χ1v) is 9.95. The molecule has 11 heteroatoms. The molecule has 27 heavy (non-hydrogen) atoms. The molecule has 0 aliphatic carbocycles. The quantitative estimate of drug-likeness (QED) is 0.674. The van der Waals surface area contributed by atoms with Crippen molar-refractivity contribution in [1.82, 2.24) is 14.5 Å². The van der Waals surface area contributed by atoms with E-state index in [1.165, 1.54) is 23.5 Å². The molecule has 0 unspecified atom stereocenters. The number of amides is 3. The molecule has 2 fully saturated rings. The highest BCUT2D eigenvalue weighted by Gasteiger charge is 2.30. The monoisotopic (exact) mass is 398 g/mol. The number of sulfonamides is 1. The van der Waals surface area contributed by atoms with Crippen molar-refractivity contribution in [3.8, 4) is 5.75 Å². The van der Waals surface area contributed by atoms with Crippen LogP contribution >= 0.6 is 0 Å². The van der Waals surface area contributed by atoms with Gasteiger partial charge in [0.05, 0.1) is 26.9 Å². The number of nitrogens with zero attached hydrogens (tertiary/aromatic N) is 2. The maximum Gasteiger partial charge on any atom is 0.324 e. The second-order valence-corrected chi connectivity index (χ2v) is 7.92. The van der Waals surface area contributed by atoms with Crippen LogP contribution in [-0.4, -0.2) is 82.6 Å². The van der Waals surface area contributed by atoms with E-state index in [2.05, 4.69) is 10.6 Å². The van der Waals surface area contributed by atoms with Crippen LogP contribution in [0.1, 0.15) is 0 Å². The Morgan fingerprint density at radius 3 is 2.67 bits per heavy atom. The Kier molecular flexibility index (Phi) is 5.82. The molecule has 1 aromatic carbocycles. The molecule has 2 heterocycles. The summed E-state index contributed by atoms with van der Waals surface area (Å²) in [6, 6.07) is 4.16. The van der Waals surface area contributed by atoms with E-state index in [0.717, 1.165) is 4.90 Å². The van der Waals surface area contributed by atoms with Crippen LogP contribution < -0.4 is 15.4 Å². The zero-order valence-corrected chi connectivity index (χ0v) is 15.8. The predicted molar refractivity (Wildman–Crippen MR) is 96.2 cm³/mol. The molecule has 0 radical (unpaired) electrons. The van der Waals surface area contributed by atoms with Crippen LogP contribution in [0.2, 0.25) is 0 Å². The van der Waals surface area contributed by atoms with Gasteiger partial charge in [-0.25, -0.2) is 13.2 Å². The highest BCUT2D eigenvalue weighted by atomic mass is 32.2. The summed E-state index contributed by atoms with van der Waals surface area (Å²) in [5, 5.41) is 5.43. The molecule has 0 spiro atoms. The summed E-state index contributed by atoms with van der Waals surface area (Å²) in [5.74, 6) is -0.171. The van der Waals surface area contributed by atoms with Crippen LogP contribution in [0, 0.1) is 0 Å². The average Bonchev–Trinajstić information content (AvgIpc) is 3.12. The molecule has 1 aromatic rings. The molecule has 3 amide bonds. The molecule has 10 nitrogen and oxygen atoms in total. The number of hydrogen-bond donors (Lipinski definition) is 2. The molecule has 2 N–H and O–H groups in total. The number of urea groups is 1. The molecule has 0 aromatic heterocycles. The lowest BCUT2D eigenvalue weighted by atomic mass is 10.3. The van der Waals surface area contributed by atoms with Crippen LogP contribution in [0.3, 0.4) is 0 Å². The van der Waals surface area contributed by atoms with E-state index >= 15 is 0 Å². The van der Waals surface area contributed by atoms with Gasteiger partial charge >= 0.3 is 6.03 Å². The number of anilines is 1. The van der Waals surface area contributed by atoms with Gasteiger partial charge < -0.3 is 20.1 Å². The highest BCUT2D eigenvalue weighted by Crippen LogP contribution is 2.30. The van der Waals surface area contributed by atoms with Crippen LogP contribution in [-0.2, 0) is 19.6 Å². The number of methoxy groups -OCH3 is 1. The van der Waals surface area contributed by atoms with Crippen molar-refractivity contribution in [3.05, 3.63) is 18.2 Å². The van der Waals surface area contributed by atoms with E-state index in [0.29, 0.717) is 32.0 Å². The SMILES string of the molecule is COc1ccc(NCC(=O)N2CCNC2=O)cc1S(=O)(=O)N1CCOCC1. The van der Waals surface area contributed by atoms with Crippen molar-refractivity contribution in [2.75, 3.05) is 58.4 Å². The van der Waals surface area contributed by atoms with E-state index in [4.69, 9.17) is 9.47 Å². The van der Waals surface area contributed by atoms with E-state index in [9.17, 15) is 18.0 Å². The van der Waals surface area contributed by atoms with E-state index in [-0.39, 0.29) is 30.3 Å². The standard InChI is InChI=1S/C16H22N4O6S/c1-25-13-3-2-12(18-11-15(21)20-5-4-17-16(20)22)10-14(13)27(23,24)19-6-8-26-9-7-19/h2-3,10,18H,4-9,11H2,1H3,(H,17,22). The van der Waals surface area contributed by atoms with Gasteiger partial charge in [-0.3, -0.25) is 9.69 Å². The van der Waals surface area contributed by atoms with Crippen molar-refractivity contribution in [3.63, 3.8) is 0 Å². The Hall–Kier alpha value is -2.37. The predicted octanol–water partition coefficient (Wildman–Crippen LogP) is -0.320. The number of nitrogens with one attached hydrogen (secondary N) is 2. The first-order chi connectivity index (χ1) is 12.9. The van der Waals surface area contributed by atoms with Crippen LogP contribution in [0.5, 0.6) is 5.75 Å². The van der Waals surface area contributed by atoms with Gasteiger partial charge in [0, 0.05) is 31.9 Å². The molecule has 0 atom stereocenters. The van der Waals surface area contributed by atoms with E-state index in [1.807, 2.05) is 0 Å². The minimum atomic E-state index is -3.76. The third kappa shape index (κ3) is 4.15. The van der Waals surface area contributed by atoms with Gasteiger partial charge in [-0.2, -0.15) is 4.31 Å². The third-order valence-corrected chi connectivity index (χ3v) is 6.27. The Balaban J connectivity index is 1.77. The topological polar surface area (TPSA) is 117 Å². The lowest BCUT2D eigenvalue weighted by Gasteiger charge is -2.27. The smallest absolute Gasteiger partial charge is 0.324 e. The maximum atomic E-state index is 12.9. The maximum absolute atomic E-state index is 12.9. The van der Waals surface area contributed by atoms with Crippen molar-refractivity contribution in [1.29, 1.82) is 0 Å². The molecule has 2 aliphatic rings. The number of imide groups is 1. The number of carbonyl (C=O) groups excluding carboxylic acids is 2. The van der Waals surface area contributed by atoms with Gasteiger partial charge in [-0.05, 0) is 18.2 Å². The second kappa shape index (κ2) is 8.11. The fourth-order valence-electron chi connectivity index (χ4n) is 2.90. The molecule has 148 valence electrons. The average molecular weight is 398 g/mol. The van der Waals surface area contributed by atoms with Gasteiger partial charge in [-0.1, -0.05) is 0 Å². The summed E-state index contributed by atoms with van der Waals surface area (Å²) in [5.41, 5.74) is 0.440. The molecule has 0 saturated carbocycles. The van der Waals surface area contributed by atoms with Crippen LogP contribution in [0.4, 0.5) is 10.5 Å². The van der Waals surface area contributed by atoms with Crippen molar-refractivity contribution >= 4 is 27.6 Å². The number of morpholine rings is 1. The number of rotatable bonds is 6. The normalized spacial score (nSPS) is 18.3. The van der Waals surface area contributed by atoms with Crippen molar-refractivity contribution in [2.24, 2.45) is 0 Å². The van der Waals surface area contributed by atoms with Gasteiger partial charge in [0.15, 0.2) is 0 Å². The lowest BCUT2D eigenvalue weighted by molar-refractivity contribution is -0.125. The molecule has 2 aliphatic heterocycles. The summed E-state index contributed by atoms with van der Waals surface area (Å²) < 4.78 is 37.6. The number of benzene rings is 1. The fourth-order valence-corrected chi connectivity index (χ4v) is 4.49. The first-order valence-electron chi connectivity index (χ1n) is 8.51. The molecular weight excluding hydrogens is 376 g/mol. The molecule has 3 rings (SSSR count). The number of carbonyl (C=O) groups is 2. The Morgan fingerprint density at radius 1 is 1.30 bits per heavy atom. The second-order valence-electron chi connectivity index (χ2n) is 6.01.